The van der Waals surface area contributed by atoms with Gasteiger partial charge in [-0.15, -0.1) is 10.2 Å². The Balaban J connectivity index is 1.56. The lowest BCUT2D eigenvalue weighted by molar-refractivity contribution is -0.117. The lowest BCUT2D eigenvalue weighted by Gasteiger charge is -2.26. The summed E-state index contributed by atoms with van der Waals surface area (Å²) in [5.74, 6) is 2.37. The van der Waals surface area contributed by atoms with Crippen molar-refractivity contribution in [2.45, 2.75) is 39.8 Å². The van der Waals surface area contributed by atoms with Gasteiger partial charge < -0.3 is 9.09 Å². The quantitative estimate of drug-likeness (QED) is 0.911. The molecule has 118 valence electrons. The second-order valence-corrected chi connectivity index (χ2v) is 5.84. The van der Waals surface area contributed by atoms with E-state index in [2.05, 4.69) is 25.2 Å². The predicted octanol–water partition coefficient (Wildman–Crippen LogP) is 1.15. The van der Waals surface area contributed by atoms with E-state index in [-0.39, 0.29) is 11.8 Å². The third-order valence-corrected chi connectivity index (χ3v) is 3.77. The van der Waals surface area contributed by atoms with E-state index in [1.807, 2.05) is 25.7 Å². The molecule has 0 fully saturated rings. The highest BCUT2D eigenvalue weighted by Gasteiger charge is 2.21. The molecular weight excluding hydrogens is 284 g/mol. The highest BCUT2D eigenvalue weighted by Crippen LogP contribution is 2.17. The van der Waals surface area contributed by atoms with Crippen LogP contribution in [0.25, 0.3) is 0 Å². The number of hydrogen-bond donors (Lipinski definition) is 1. The molecule has 0 aliphatic carbocycles. The first-order valence-electron chi connectivity index (χ1n) is 7.40. The number of nitrogens with zero attached hydrogens (tertiary/aromatic N) is 5. The van der Waals surface area contributed by atoms with Crippen LogP contribution in [0.2, 0.25) is 0 Å². The van der Waals surface area contributed by atoms with E-state index in [4.69, 9.17) is 4.52 Å². The number of hydrogen-bond acceptors (Lipinski definition) is 6. The fourth-order valence-corrected chi connectivity index (χ4v) is 2.49. The minimum Gasteiger partial charge on any atom is -0.338 e. The van der Waals surface area contributed by atoms with Crippen LogP contribution in [0.1, 0.15) is 37.1 Å². The summed E-state index contributed by atoms with van der Waals surface area (Å²) >= 11 is 0. The van der Waals surface area contributed by atoms with Crippen molar-refractivity contribution in [3.63, 3.8) is 0 Å². The number of amides is 1. The first-order chi connectivity index (χ1) is 10.5. The lowest BCUT2D eigenvalue weighted by atomic mass is 10.1. The highest BCUT2D eigenvalue weighted by molar-refractivity contribution is 5.90. The van der Waals surface area contributed by atoms with Crippen molar-refractivity contribution in [2.75, 3.05) is 18.4 Å². The number of rotatable bonds is 4. The molecule has 8 heteroatoms. The molecule has 0 saturated heterocycles. The summed E-state index contributed by atoms with van der Waals surface area (Å²) in [4.78, 5) is 14.1. The number of carbonyl (C=O) groups excluding carboxylic acids is 1. The smallest absolute Gasteiger partial charge is 0.240 e. The summed E-state index contributed by atoms with van der Waals surface area (Å²) in [5, 5.41) is 14.9. The van der Waals surface area contributed by atoms with Gasteiger partial charge in [0, 0.05) is 19.2 Å². The standard InChI is InChI=1S/C14H20N6O2/c1-9(2)11-6-14(22-18-11)15-13(21)8-19-4-5-20-10(3)16-17-12(20)7-19/h6,9H,4-5,7-8H2,1-3H3,(H,15,21). The van der Waals surface area contributed by atoms with Crippen molar-refractivity contribution in [1.29, 1.82) is 0 Å². The molecule has 8 nitrogen and oxygen atoms in total. The molecule has 0 spiro atoms. The molecule has 3 rings (SSSR count). The molecule has 2 aromatic rings. The molecule has 0 aromatic carbocycles. The third-order valence-electron chi connectivity index (χ3n) is 3.77. The summed E-state index contributed by atoms with van der Waals surface area (Å²) in [5.41, 5.74) is 0.830. The van der Waals surface area contributed by atoms with E-state index < -0.39 is 0 Å². The minimum atomic E-state index is -0.115. The number of fused-ring (bicyclic) bond motifs is 1. The van der Waals surface area contributed by atoms with Crippen LogP contribution in [0.5, 0.6) is 0 Å². The second kappa shape index (κ2) is 5.88. The van der Waals surface area contributed by atoms with E-state index in [1.165, 1.54) is 0 Å². The first kappa shape index (κ1) is 14.7. The monoisotopic (exact) mass is 304 g/mol. The van der Waals surface area contributed by atoms with Gasteiger partial charge in [-0.1, -0.05) is 19.0 Å². The van der Waals surface area contributed by atoms with E-state index in [9.17, 15) is 4.79 Å². The largest absolute Gasteiger partial charge is 0.338 e. The molecule has 0 bridgehead atoms. The van der Waals surface area contributed by atoms with Gasteiger partial charge in [-0.3, -0.25) is 15.0 Å². The van der Waals surface area contributed by atoms with E-state index >= 15 is 0 Å². The van der Waals surface area contributed by atoms with Crippen LogP contribution in [-0.2, 0) is 17.9 Å². The Morgan fingerprint density at radius 3 is 2.95 bits per heavy atom. The van der Waals surface area contributed by atoms with Crippen LogP contribution in [0, 0.1) is 6.92 Å². The predicted molar refractivity (Wildman–Crippen MR) is 79.3 cm³/mol. The summed E-state index contributed by atoms with van der Waals surface area (Å²) in [6.45, 7) is 8.51. The summed E-state index contributed by atoms with van der Waals surface area (Å²) in [7, 11) is 0. The molecule has 1 N–H and O–H groups in total. The summed E-state index contributed by atoms with van der Waals surface area (Å²) in [6, 6.07) is 1.76. The maximum absolute atomic E-state index is 12.1. The normalized spacial score (nSPS) is 15.1. The van der Waals surface area contributed by atoms with E-state index in [0.29, 0.717) is 19.0 Å². The van der Waals surface area contributed by atoms with Gasteiger partial charge in [0.05, 0.1) is 18.8 Å². The van der Waals surface area contributed by atoms with Crippen LogP contribution in [0.15, 0.2) is 10.6 Å². The summed E-state index contributed by atoms with van der Waals surface area (Å²) in [6.07, 6.45) is 0. The SMILES string of the molecule is Cc1nnc2n1CCN(CC(=O)Nc1cc(C(C)C)no1)C2. The van der Waals surface area contributed by atoms with E-state index in [1.54, 1.807) is 6.07 Å². The molecule has 1 amide bonds. The van der Waals surface area contributed by atoms with Crippen molar-refractivity contribution in [3.05, 3.63) is 23.4 Å². The zero-order valence-corrected chi connectivity index (χ0v) is 13.0. The molecule has 22 heavy (non-hydrogen) atoms. The van der Waals surface area contributed by atoms with Gasteiger partial charge in [0.1, 0.15) is 11.6 Å². The van der Waals surface area contributed by atoms with Crippen molar-refractivity contribution >= 4 is 11.8 Å². The number of aryl methyl sites for hydroxylation is 1. The van der Waals surface area contributed by atoms with Crippen molar-refractivity contribution < 1.29 is 9.32 Å². The van der Waals surface area contributed by atoms with Gasteiger partial charge >= 0.3 is 0 Å². The van der Waals surface area contributed by atoms with Crippen LogP contribution < -0.4 is 5.32 Å². The van der Waals surface area contributed by atoms with Gasteiger partial charge in [0.25, 0.3) is 0 Å². The van der Waals surface area contributed by atoms with Crippen LogP contribution in [0.3, 0.4) is 0 Å². The maximum atomic E-state index is 12.1. The number of nitrogens with one attached hydrogen (secondary N) is 1. The average Bonchev–Trinajstić information content (AvgIpc) is 3.06. The maximum Gasteiger partial charge on any atom is 0.240 e. The minimum absolute atomic E-state index is 0.115. The van der Waals surface area contributed by atoms with Crippen molar-refractivity contribution in [3.8, 4) is 0 Å². The van der Waals surface area contributed by atoms with Gasteiger partial charge in [0.2, 0.25) is 11.8 Å². The average molecular weight is 304 g/mol. The third kappa shape index (κ3) is 3.01. The van der Waals surface area contributed by atoms with Gasteiger partial charge in [-0.05, 0) is 12.8 Å². The van der Waals surface area contributed by atoms with E-state index in [0.717, 1.165) is 30.4 Å². The number of aromatic nitrogens is 4. The van der Waals surface area contributed by atoms with Crippen LogP contribution in [-0.4, -0.2) is 43.8 Å². The zero-order chi connectivity index (χ0) is 15.7. The van der Waals surface area contributed by atoms with Gasteiger partial charge in [-0.25, -0.2) is 0 Å². The van der Waals surface area contributed by atoms with Crippen LogP contribution in [0.4, 0.5) is 5.88 Å². The highest BCUT2D eigenvalue weighted by atomic mass is 16.5. The first-order valence-corrected chi connectivity index (χ1v) is 7.40. The Labute approximate surface area is 128 Å². The molecule has 0 saturated carbocycles. The molecule has 3 heterocycles. The molecule has 2 aromatic heterocycles. The second-order valence-electron chi connectivity index (χ2n) is 5.84. The fraction of sp³-hybridized carbons (Fsp3) is 0.571. The lowest BCUT2D eigenvalue weighted by Crippen LogP contribution is -2.39. The number of anilines is 1. The molecule has 0 unspecified atom stereocenters. The van der Waals surface area contributed by atoms with Crippen molar-refractivity contribution in [2.24, 2.45) is 0 Å². The molecule has 1 aliphatic rings. The Morgan fingerprint density at radius 2 is 2.23 bits per heavy atom. The fourth-order valence-electron chi connectivity index (χ4n) is 2.49. The Kier molecular flexibility index (Phi) is 3.93. The molecular formula is C14H20N6O2. The molecule has 0 radical (unpaired) electrons. The Morgan fingerprint density at radius 1 is 1.41 bits per heavy atom. The van der Waals surface area contributed by atoms with Gasteiger partial charge in [0.15, 0.2) is 0 Å². The number of carbonyl (C=O) groups is 1. The zero-order valence-electron chi connectivity index (χ0n) is 13.0. The summed E-state index contributed by atoms with van der Waals surface area (Å²) < 4.78 is 7.20. The molecule has 1 aliphatic heterocycles. The molecule has 0 atom stereocenters. The van der Waals surface area contributed by atoms with Crippen LogP contribution >= 0.6 is 0 Å². The Bertz CT molecular complexity index is 675. The topological polar surface area (TPSA) is 89.1 Å². The van der Waals surface area contributed by atoms with Crippen molar-refractivity contribution in [1.82, 2.24) is 24.8 Å². The van der Waals surface area contributed by atoms with Gasteiger partial charge in [-0.2, -0.15) is 0 Å². The Hall–Kier alpha value is -2.22.